The van der Waals surface area contributed by atoms with Crippen LogP contribution in [-0.4, -0.2) is 31.9 Å². The molecule has 0 bridgehead atoms. The van der Waals surface area contributed by atoms with Crippen LogP contribution in [0.15, 0.2) is 35.3 Å². The van der Waals surface area contributed by atoms with Crippen LogP contribution >= 0.6 is 11.6 Å². The van der Waals surface area contributed by atoms with Crippen molar-refractivity contribution in [3.8, 4) is 0 Å². The molecule has 3 aromatic rings. The molecule has 0 saturated heterocycles. The minimum Gasteiger partial charge on any atom is -0.332 e. The fourth-order valence-electron chi connectivity index (χ4n) is 2.93. The summed E-state index contributed by atoms with van der Waals surface area (Å²) in [5, 5.41) is 3.01. The first-order valence-electron chi connectivity index (χ1n) is 7.37. The van der Waals surface area contributed by atoms with Gasteiger partial charge in [0.25, 0.3) is 11.5 Å². The lowest BCUT2D eigenvalue weighted by Gasteiger charge is -2.28. The number of halogens is 2. The Hall–Kier alpha value is -2.67. The van der Waals surface area contributed by atoms with E-state index in [4.69, 9.17) is 11.6 Å². The molecule has 2 aromatic heterocycles. The number of aromatic amines is 1. The molecule has 0 unspecified atom stereocenters. The summed E-state index contributed by atoms with van der Waals surface area (Å²) in [5.74, 6) is -0.897. The zero-order valence-corrected chi connectivity index (χ0v) is 13.2. The molecular formula is C16H12ClFN4O2. The molecule has 1 aliphatic rings. The third kappa shape index (κ3) is 2.28. The fourth-order valence-corrected chi connectivity index (χ4v) is 3.13. The number of amides is 1. The van der Waals surface area contributed by atoms with Gasteiger partial charge in [-0.2, -0.15) is 0 Å². The van der Waals surface area contributed by atoms with Gasteiger partial charge in [0.05, 0.1) is 22.8 Å². The zero-order valence-electron chi connectivity index (χ0n) is 12.4. The first kappa shape index (κ1) is 14.9. The Morgan fingerprint density at radius 3 is 3.00 bits per heavy atom. The van der Waals surface area contributed by atoms with Crippen molar-refractivity contribution in [2.45, 2.75) is 13.0 Å². The number of rotatable bonds is 1. The van der Waals surface area contributed by atoms with Crippen molar-refractivity contribution in [3.05, 3.63) is 68.5 Å². The van der Waals surface area contributed by atoms with E-state index < -0.39 is 5.82 Å². The summed E-state index contributed by atoms with van der Waals surface area (Å²) >= 11 is 6.01. The van der Waals surface area contributed by atoms with Gasteiger partial charge < -0.3 is 4.90 Å². The average Bonchev–Trinajstić information content (AvgIpc) is 3.05. The monoisotopic (exact) mass is 346 g/mol. The molecule has 1 amide bonds. The normalized spacial score (nSPS) is 14.0. The molecule has 1 aliphatic heterocycles. The molecule has 1 aromatic carbocycles. The SMILES string of the molecule is O=C(c1cc(F)ccc1Cl)N1CCc2c(nc3cc[nH]n3c2=O)C1. The Morgan fingerprint density at radius 1 is 1.33 bits per heavy atom. The number of carbonyl (C=O) groups is 1. The van der Waals surface area contributed by atoms with Gasteiger partial charge >= 0.3 is 0 Å². The van der Waals surface area contributed by atoms with E-state index in [0.717, 1.165) is 6.07 Å². The third-order valence-corrected chi connectivity index (χ3v) is 4.47. The maximum absolute atomic E-state index is 13.4. The van der Waals surface area contributed by atoms with Crippen molar-refractivity contribution in [2.24, 2.45) is 0 Å². The highest BCUT2D eigenvalue weighted by atomic mass is 35.5. The van der Waals surface area contributed by atoms with Gasteiger partial charge in [0.1, 0.15) is 5.82 Å². The van der Waals surface area contributed by atoms with E-state index in [1.54, 1.807) is 12.3 Å². The van der Waals surface area contributed by atoms with E-state index in [9.17, 15) is 14.0 Å². The Morgan fingerprint density at radius 2 is 2.17 bits per heavy atom. The molecule has 0 atom stereocenters. The number of nitrogens with zero attached hydrogens (tertiary/aromatic N) is 3. The first-order valence-corrected chi connectivity index (χ1v) is 7.74. The van der Waals surface area contributed by atoms with Crippen LogP contribution in [-0.2, 0) is 13.0 Å². The lowest BCUT2D eigenvalue weighted by molar-refractivity contribution is 0.0731. The van der Waals surface area contributed by atoms with Crippen molar-refractivity contribution in [2.75, 3.05) is 6.54 Å². The van der Waals surface area contributed by atoms with E-state index >= 15 is 0 Å². The van der Waals surface area contributed by atoms with Crippen molar-refractivity contribution in [1.29, 1.82) is 0 Å². The summed E-state index contributed by atoms with van der Waals surface area (Å²) < 4.78 is 14.8. The Kier molecular flexibility index (Phi) is 3.38. The molecule has 4 rings (SSSR count). The number of carbonyl (C=O) groups excluding carboxylic acids is 1. The van der Waals surface area contributed by atoms with Crippen LogP contribution in [0.3, 0.4) is 0 Å². The second kappa shape index (κ2) is 5.45. The maximum atomic E-state index is 13.4. The number of nitrogens with one attached hydrogen (secondary N) is 1. The van der Waals surface area contributed by atoms with Crippen LogP contribution in [0.5, 0.6) is 0 Å². The minimum absolute atomic E-state index is 0.111. The predicted octanol–water partition coefficient (Wildman–Crippen LogP) is 2.01. The van der Waals surface area contributed by atoms with Crippen LogP contribution in [0.4, 0.5) is 4.39 Å². The van der Waals surface area contributed by atoms with E-state index in [-0.39, 0.29) is 28.6 Å². The fraction of sp³-hybridized carbons (Fsp3) is 0.188. The molecule has 0 radical (unpaired) electrons. The molecule has 122 valence electrons. The van der Waals surface area contributed by atoms with Crippen LogP contribution in [0.25, 0.3) is 5.65 Å². The summed E-state index contributed by atoms with van der Waals surface area (Å²) in [4.78, 5) is 31.0. The largest absolute Gasteiger partial charge is 0.332 e. The van der Waals surface area contributed by atoms with Gasteiger partial charge in [0, 0.05) is 24.4 Å². The molecule has 0 spiro atoms. The number of benzene rings is 1. The van der Waals surface area contributed by atoms with E-state index in [1.807, 2.05) is 0 Å². The van der Waals surface area contributed by atoms with E-state index in [2.05, 4.69) is 10.1 Å². The van der Waals surface area contributed by atoms with Crippen molar-refractivity contribution >= 4 is 23.2 Å². The van der Waals surface area contributed by atoms with Crippen LogP contribution < -0.4 is 5.56 Å². The quantitative estimate of drug-likeness (QED) is 0.732. The van der Waals surface area contributed by atoms with Crippen molar-refractivity contribution < 1.29 is 9.18 Å². The average molecular weight is 347 g/mol. The maximum Gasteiger partial charge on any atom is 0.276 e. The topological polar surface area (TPSA) is 70.5 Å². The summed E-state index contributed by atoms with van der Waals surface area (Å²) in [6, 6.07) is 5.37. The number of H-pyrrole nitrogens is 1. The molecule has 6 nitrogen and oxygen atoms in total. The highest BCUT2D eigenvalue weighted by molar-refractivity contribution is 6.33. The predicted molar refractivity (Wildman–Crippen MR) is 85.7 cm³/mol. The Labute approximate surface area is 140 Å². The summed E-state index contributed by atoms with van der Waals surface area (Å²) in [5.41, 5.74) is 1.60. The smallest absolute Gasteiger partial charge is 0.276 e. The van der Waals surface area contributed by atoms with Gasteiger partial charge in [0.15, 0.2) is 5.65 Å². The molecule has 24 heavy (non-hydrogen) atoms. The van der Waals surface area contributed by atoms with Crippen LogP contribution in [0.2, 0.25) is 5.02 Å². The molecule has 1 N–H and O–H groups in total. The third-order valence-electron chi connectivity index (χ3n) is 4.14. The van der Waals surface area contributed by atoms with Crippen molar-refractivity contribution in [3.63, 3.8) is 0 Å². The minimum atomic E-state index is -0.523. The van der Waals surface area contributed by atoms with Gasteiger partial charge in [-0.05, 0) is 24.6 Å². The second-order valence-electron chi connectivity index (χ2n) is 5.60. The summed E-state index contributed by atoms with van der Waals surface area (Å²) in [6.45, 7) is 0.542. The highest BCUT2D eigenvalue weighted by Crippen LogP contribution is 2.22. The van der Waals surface area contributed by atoms with Crippen LogP contribution in [0.1, 0.15) is 21.6 Å². The van der Waals surface area contributed by atoms with E-state index in [0.29, 0.717) is 29.9 Å². The summed E-state index contributed by atoms with van der Waals surface area (Å²) in [7, 11) is 0. The first-order chi connectivity index (χ1) is 11.5. The number of fused-ring (bicyclic) bond motifs is 2. The second-order valence-corrected chi connectivity index (χ2v) is 6.01. The zero-order chi connectivity index (χ0) is 16.8. The lowest BCUT2D eigenvalue weighted by Crippen LogP contribution is -2.39. The number of hydrogen-bond acceptors (Lipinski definition) is 3. The van der Waals surface area contributed by atoms with Gasteiger partial charge in [-0.25, -0.2) is 13.9 Å². The molecule has 0 aliphatic carbocycles. The Balaban J connectivity index is 1.71. The molecule has 8 heteroatoms. The molecule has 0 saturated carbocycles. The number of aromatic nitrogens is 3. The van der Waals surface area contributed by atoms with Gasteiger partial charge in [-0.3, -0.25) is 14.7 Å². The molecule has 0 fully saturated rings. The van der Waals surface area contributed by atoms with Gasteiger partial charge in [0.2, 0.25) is 0 Å². The molecular weight excluding hydrogens is 335 g/mol. The summed E-state index contributed by atoms with van der Waals surface area (Å²) in [6.07, 6.45) is 2.02. The Bertz CT molecular complexity index is 1030. The van der Waals surface area contributed by atoms with Crippen LogP contribution in [0, 0.1) is 5.82 Å². The highest BCUT2D eigenvalue weighted by Gasteiger charge is 2.27. The van der Waals surface area contributed by atoms with E-state index in [1.165, 1.54) is 21.5 Å². The molecule has 3 heterocycles. The van der Waals surface area contributed by atoms with Crippen molar-refractivity contribution in [1.82, 2.24) is 19.5 Å². The number of hydrogen-bond donors (Lipinski definition) is 1. The van der Waals surface area contributed by atoms with Gasteiger partial charge in [-0.15, -0.1) is 0 Å². The standard InChI is InChI=1S/C16H12ClFN4O2/c17-12-2-1-9(18)7-11(12)15(23)21-6-4-10-13(8-21)20-14-3-5-19-22(14)16(10)24/h1-3,5,7,19H,4,6,8H2. The lowest BCUT2D eigenvalue weighted by atomic mass is 10.1. The van der Waals surface area contributed by atoms with Gasteiger partial charge in [-0.1, -0.05) is 11.6 Å².